The van der Waals surface area contributed by atoms with Crippen molar-refractivity contribution in [2.75, 3.05) is 41.9 Å². The number of carboxylic acids is 1. The van der Waals surface area contributed by atoms with Crippen molar-refractivity contribution in [1.29, 1.82) is 0 Å². The molecule has 1 fully saturated rings. The van der Waals surface area contributed by atoms with Crippen molar-refractivity contribution < 1.29 is 27.5 Å². The maximum absolute atomic E-state index is 14.5. The van der Waals surface area contributed by atoms with Crippen molar-refractivity contribution in [3.63, 3.8) is 0 Å². The third-order valence-electron chi connectivity index (χ3n) is 8.10. The Balaban J connectivity index is 1.34. The quantitative estimate of drug-likeness (QED) is 0.236. The highest BCUT2D eigenvalue weighted by Crippen LogP contribution is 2.36. The minimum atomic E-state index is -4.12. The summed E-state index contributed by atoms with van der Waals surface area (Å²) in [6.45, 7) is 3.77. The van der Waals surface area contributed by atoms with Crippen LogP contribution in [0.15, 0.2) is 107 Å². The van der Waals surface area contributed by atoms with Crippen LogP contribution in [0.3, 0.4) is 0 Å². The number of fused-ring (bicyclic) bond motifs is 1. The first kappa shape index (κ1) is 29.9. The summed E-state index contributed by atoms with van der Waals surface area (Å²) in [7, 11) is -4.12. The van der Waals surface area contributed by atoms with E-state index < -0.39 is 16.0 Å². The molecule has 10 nitrogen and oxygen atoms in total. The van der Waals surface area contributed by atoms with Gasteiger partial charge < -0.3 is 19.3 Å². The minimum absolute atomic E-state index is 0.0330. The third kappa shape index (κ3) is 5.99. The van der Waals surface area contributed by atoms with Gasteiger partial charge in [-0.15, -0.1) is 0 Å². The Hall–Kier alpha value is -5.16. The summed E-state index contributed by atoms with van der Waals surface area (Å²) in [6, 6.07) is 25.0. The van der Waals surface area contributed by atoms with Crippen LogP contribution in [0.1, 0.15) is 32.0 Å². The van der Waals surface area contributed by atoms with Crippen LogP contribution in [0.2, 0.25) is 0 Å². The van der Waals surface area contributed by atoms with Gasteiger partial charge in [-0.1, -0.05) is 42.5 Å². The van der Waals surface area contributed by atoms with Gasteiger partial charge in [0.25, 0.3) is 15.9 Å². The Morgan fingerprint density at radius 3 is 2.38 bits per heavy atom. The molecule has 0 bridgehead atoms. The predicted octanol–water partition coefficient (Wildman–Crippen LogP) is 5.23. The highest BCUT2D eigenvalue weighted by molar-refractivity contribution is 7.92. The molecule has 0 unspecified atom stereocenters. The molecule has 11 heteroatoms. The fourth-order valence-corrected chi connectivity index (χ4v) is 7.21. The molecule has 3 aromatic carbocycles. The Labute approximate surface area is 261 Å². The average molecular weight is 625 g/mol. The van der Waals surface area contributed by atoms with Gasteiger partial charge in [-0.2, -0.15) is 0 Å². The van der Waals surface area contributed by atoms with E-state index in [2.05, 4.69) is 9.88 Å². The van der Waals surface area contributed by atoms with E-state index in [1.165, 1.54) is 22.5 Å². The molecule has 2 aromatic heterocycles. The number of aryl methyl sites for hydroxylation is 1. The number of carbonyl (C=O) groups is 2. The summed E-state index contributed by atoms with van der Waals surface area (Å²) < 4.78 is 35.9. The van der Waals surface area contributed by atoms with Gasteiger partial charge in [0.15, 0.2) is 0 Å². The number of anilines is 2. The second kappa shape index (κ2) is 12.4. The van der Waals surface area contributed by atoms with E-state index in [0.29, 0.717) is 60.4 Å². The summed E-state index contributed by atoms with van der Waals surface area (Å²) in [4.78, 5) is 32.7. The number of hydrogen-bond acceptors (Lipinski definition) is 7. The lowest BCUT2D eigenvalue weighted by molar-refractivity contribution is 0.0663. The number of furan rings is 1. The van der Waals surface area contributed by atoms with E-state index in [0.717, 1.165) is 11.3 Å². The van der Waals surface area contributed by atoms with Crippen molar-refractivity contribution in [3.05, 3.63) is 120 Å². The summed E-state index contributed by atoms with van der Waals surface area (Å²) in [5.74, 6) is -1.51. The number of pyridine rings is 1. The first-order chi connectivity index (χ1) is 21.7. The number of aromatic carboxylic acids is 1. The van der Waals surface area contributed by atoms with Crippen LogP contribution in [-0.2, 0) is 16.4 Å². The van der Waals surface area contributed by atoms with Gasteiger partial charge in [-0.3, -0.25) is 14.1 Å². The van der Waals surface area contributed by atoms with Gasteiger partial charge in [-0.25, -0.2) is 13.2 Å². The third-order valence-corrected chi connectivity index (χ3v) is 9.91. The fraction of sp³-hybridized carbons (Fsp3) is 0.206. The predicted molar refractivity (Wildman–Crippen MR) is 171 cm³/mol. The Kier molecular flexibility index (Phi) is 8.27. The molecule has 0 radical (unpaired) electrons. The van der Waals surface area contributed by atoms with E-state index in [1.54, 1.807) is 42.4 Å². The van der Waals surface area contributed by atoms with E-state index in [1.807, 2.05) is 48.5 Å². The maximum atomic E-state index is 14.5. The normalized spacial score (nSPS) is 13.6. The van der Waals surface area contributed by atoms with Crippen LogP contribution in [0, 0.1) is 6.92 Å². The number of amides is 1. The van der Waals surface area contributed by atoms with Gasteiger partial charge in [-0.05, 0) is 61.4 Å². The van der Waals surface area contributed by atoms with Crippen molar-refractivity contribution >= 4 is 44.2 Å². The number of nitrogens with zero attached hydrogens (tertiary/aromatic N) is 4. The van der Waals surface area contributed by atoms with E-state index in [-0.39, 0.29) is 23.1 Å². The van der Waals surface area contributed by atoms with Crippen molar-refractivity contribution in [3.8, 4) is 0 Å². The molecule has 0 atom stereocenters. The first-order valence-electron chi connectivity index (χ1n) is 14.6. The molecule has 0 aliphatic carbocycles. The first-order valence-corrected chi connectivity index (χ1v) is 16.0. The average Bonchev–Trinajstić information content (AvgIpc) is 3.41. The summed E-state index contributed by atoms with van der Waals surface area (Å²) in [5.41, 5.74) is 3.46. The second-order valence-corrected chi connectivity index (χ2v) is 12.7. The molecule has 1 amide bonds. The summed E-state index contributed by atoms with van der Waals surface area (Å²) >= 11 is 0. The molecular formula is C34H32N4O6S. The summed E-state index contributed by atoms with van der Waals surface area (Å²) in [6.07, 6.45) is 3.66. The molecule has 0 spiro atoms. The van der Waals surface area contributed by atoms with Gasteiger partial charge >= 0.3 is 5.97 Å². The lowest BCUT2D eigenvalue weighted by atomic mass is 10.1. The largest absolute Gasteiger partial charge is 0.475 e. The minimum Gasteiger partial charge on any atom is -0.475 e. The molecule has 230 valence electrons. The zero-order valence-electron chi connectivity index (χ0n) is 24.7. The van der Waals surface area contributed by atoms with Crippen LogP contribution in [0.25, 0.3) is 11.0 Å². The molecule has 1 saturated heterocycles. The molecule has 1 aliphatic rings. The number of rotatable bonds is 9. The smallest absolute Gasteiger partial charge is 0.372 e. The maximum Gasteiger partial charge on any atom is 0.372 e. The molecule has 3 heterocycles. The fourth-order valence-electron chi connectivity index (χ4n) is 5.70. The van der Waals surface area contributed by atoms with Gasteiger partial charge in [0.05, 0.1) is 21.8 Å². The molecular weight excluding hydrogens is 592 g/mol. The Bertz CT molecular complexity index is 1950. The van der Waals surface area contributed by atoms with E-state index >= 15 is 0 Å². The monoisotopic (exact) mass is 624 g/mol. The van der Waals surface area contributed by atoms with Crippen LogP contribution in [0.4, 0.5) is 11.4 Å². The molecule has 1 N–H and O–H groups in total. The zero-order chi connectivity index (χ0) is 31.6. The molecule has 6 rings (SSSR count). The van der Waals surface area contributed by atoms with Crippen molar-refractivity contribution in [2.45, 2.75) is 18.2 Å². The van der Waals surface area contributed by atoms with Crippen molar-refractivity contribution in [2.24, 2.45) is 0 Å². The number of benzene rings is 3. The molecule has 45 heavy (non-hydrogen) atoms. The number of carbonyl (C=O) groups excluding carboxylic acids is 1. The number of hydrogen-bond donors (Lipinski definition) is 1. The second-order valence-electron chi connectivity index (χ2n) is 10.8. The van der Waals surface area contributed by atoms with Gasteiger partial charge in [0.1, 0.15) is 5.58 Å². The molecule has 0 saturated carbocycles. The zero-order valence-corrected chi connectivity index (χ0v) is 25.5. The van der Waals surface area contributed by atoms with Crippen LogP contribution in [0.5, 0.6) is 0 Å². The number of aromatic nitrogens is 1. The number of sulfonamides is 1. The van der Waals surface area contributed by atoms with Crippen LogP contribution < -0.4 is 9.21 Å². The lowest BCUT2D eigenvalue weighted by Crippen LogP contribution is -2.49. The van der Waals surface area contributed by atoms with Crippen LogP contribution in [-0.4, -0.2) is 68.0 Å². The number of carboxylic acid groups (broad SMARTS) is 1. The number of piperazine rings is 1. The van der Waals surface area contributed by atoms with E-state index in [9.17, 15) is 23.1 Å². The van der Waals surface area contributed by atoms with E-state index in [4.69, 9.17) is 4.42 Å². The Morgan fingerprint density at radius 2 is 1.67 bits per heavy atom. The van der Waals surface area contributed by atoms with Gasteiger partial charge in [0.2, 0.25) is 5.76 Å². The lowest BCUT2D eigenvalue weighted by Gasteiger charge is -2.38. The highest BCUT2D eigenvalue weighted by Gasteiger charge is 2.31. The molecule has 5 aromatic rings. The number of para-hydroxylation sites is 2. The van der Waals surface area contributed by atoms with Gasteiger partial charge in [0, 0.05) is 56.1 Å². The highest BCUT2D eigenvalue weighted by atomic mass is 32.2. The van der Waals surface area contributed by atoms with Crippen LogP contribution >= 0.6 is 0 Å². The summed E-state index contributed by atoms with van der Waals surface area (Å²) in [5, 5.41) is 9.95. The topological polar surface area (TPSA) is 124 Å². The molecule has 1 aliphatic heterocycles. The van der Waals surface area contributed by atoms with Crippen molar-refractivity contribution in [1.82, 2.24) is 9.88 Å². The Morgan fingerprint density at radius 1 is 0.933 bits per heavy atom. The SMILES string of the molecule is Cc1c(C(=O)O)oc2ccc(S(=O)(=O)N(CCc3ccccc3)c3ccccc3N3CCN(C(=O)c4cccnc4)CC3)cc12. The standard InChI is InChI=1S/C34H32N4O6S/c1-24-28-22-27(13-14-31(28)44-32(24)34(40)41)45(42,43)38(17-15-25-8-3-2-4-9-25)30-12-6-5-11-29(30)36-18-20-37(21-19-36)33(39)26-10-7-16-35-23-26/h2-14,16,22-23H,15,17-21H2,1H3,(H,40,41).